The number of halogens is 4. The highest BCUT2D eigenvalue weighted by molar-refractivity contribution is 5.85. The van der Waals surface area contributed by atoms with Gasteiger partial charge in [-0.1, -0.05) is 24.3 Å². The lowest BCUT2D eigenvalue weighted by Gasteiger charge is -2.63. The Morgan fingerprint density at radius 3 is 2.64 bits per heavy atom. The molecule has 1 aliphatic heterocycles. The van der Waals surface area contributed by atoms with Crippen LogP contribution in [-0.4, -0.2) is 51.3 Å². The Morgan fingerprint density at radius 1 is 1.06 bits per heavy atom. The van der Waals surface area contributed by atoms with Crippen LogP contribution in [0, 0.1) is 0 Å². The van der Waals surface area contributed by atoms with Crippen molar-refractivity contribution in [1.82, 2.24) is 9.88 Å². The van der Waals surface area contributed by atoms with Gasteiger partial charge in [-0.3, -0.25) is 9.88 Å². The van der Waals surface area contributed by atoms with E-state index in [1.54, 1.807) is 17.0 Å². The molecule has 2 aliphatic carbocycles. The molecule has 8 heteroatoms. The number of benzene rings is 2. The summed E-state index contributed by atoms with van der Waals surface area (Å²) in [7, 11) is 0. The molecule has 2 heterocycles. The van der Waals surface area contributed by atoms with Crippen molar-refractivity contribution in [3.63, 3.8) is 0 Å². The minimum Gasteiger partial charge on any atom is -0.508 e. The van der Waals surface area contributed by atoms with E-state index in [-0.39, 0.29) is 37.1 Å². The van der Waals surface area contributed by atoms with E-state index in [0.717, 1.165) is 33.3 Å². The van der Waals surface area contributed by atoms with Crippen molar-refractivity contribution in [2.45, 2.75) is 49.2 Å². The molecule has 0 radical (unpaired) electrons. The van der Waals surface area contributed by atoms with Gasteiger partial charge in [-0.05, 0) is 60.3 Å². The van der Waals surface area contributed by atoms with Crippen LogP contribution in [0.4, 0.5) is 8.78 Å². The lowest BCUT2D eigenvalue weighted by molar-refractivity contribution is -0.157. The number of pyridine rings is 1. The van der Waals surface area contributed by atoms with Crippen molar-refractivity contribution in [3.8, 4) is 5.75 Å². The summed E-state index contributed by atoms with van der Waals surface area (Å²) in [6.45, 7) is 0.161. The Hall–Kier alpha value is -1.99. The monoisotopic (exact) mass is 494 g/mol. The first-order valence-corrected chi connectivity index (χ1v) is 10.8. The molecular weight excluding hydrogens is 469 g/mol. The van der Waals surface area contributed by atoms with E-state index in [2.05, 4.69) is 6.07 Å². The van der Waals surface area contributed by atoms with E-state index in [1.165, 1.54) is 0 Å². The molecule has 4 nitrogen and oxygen atoms in total. The molecule has 0 unspecified atom stereocenters. The zero-order valence-electron chi connectivity index (χ0n) is 17.9. The van der Waals surface area contributed by atoms with Crippen LogP contribution in [0.25, 0.3) is 10.9 Å². The summed E-state index contributed by atoms with van der Waals surface area (Å²) in [5.74, 6) is 0.168. The molecule has 6 rings (SSSR count). The predicted octanol–water partition coefficient (Wildman–Crippen LogP) is 4.45. The number of alkyl halides is 2. The van der Waals surface area contributed by atoms with Crippen molar-refractivity contribution in [2.75, 3.05) is 13.1 Å². The molecule has 0 saturated carbocycles. The third kappa shape index (κ3) is 3.42. The van der Waals surface area contributed by atoms with Crippen molar-refractivity contribution in [1.29, 1.82) is 0 Å². The van der Waals surface area contributed by atoms with Gasteiger partial charge in [0.25, 0.3) is 6.43 Å². The summed E-state index contributed by atoms with van der Waals surface area (Å²) in [4.78, 5) is 6.71. The van der Waals surface area contributed by atoms with Crippen molar-refractivity contribution in [2.24, 2.45) is 0 Å². The van der Waals surface area contributed by atoms with Crippen LogP contribution < -0.4 is 0 Å². The van der Waals surface area contributed by atoms with Gasteiger partial charge in [-0.15, -0.1) is 24.8 Å². The Bertz CT molecular complexity index is 1210. The first-order valence-electron chi connectivity index (χ1n) is 10.8. The fraction of sp³-hybridized carbons (Fsp3) is 0.400. The SMILES string of the molecule is Cl.Cl.Oc1ccc2c(c1)[C@]13CCN(CC(F)F)[C@H](C2)[C@]1(O)Cc1cc2ccccc2nc1C3. The third-order valence-corrected chi connectivity index (χ3v) is 7.86. The van der Waals surface area contributed by atoms with Gasteiger partial charge >= 0.3 is 0 Å². The number of piperidine rings is 1. The molecule has 33 heavy (non-hydrogen) atoms. The quantitative estimate of drug-likeness (QED) is 0.552. The average Bonchev–Trinajstić information content (AvgIpc) is 2.73. The highest BCUT2D eigenvalue weighted by Gasteiger charge is 2.64. The number of phenolic OH excluding ortho intramolecular Hbond substituents is 1. The molecule has 0 spiro atoms. The number of likely N-dealkylation sites (tertiary alicyclic amines) is 1. The standard InChI is InChI=1S/C25H24F2N2O2.2ClH/c26-23(27)14-29-8-7-24-13-21-17(9-16-3-1-2-4-20(16)28-21)12-25(24,31)22(29)10-15-5-6-18(30)11-19(15)24;;/h1-6,9,11,22-23,30-31H,7-8,10,12-14H2;2*1H/t22-,24-,25-;;/m1../s1. The maximum Gasteiger partial charge on any atom is 0.251 e. The van der Waals surface area contributed by atoms with Crippen molar-refractivity contribution < 1.29 is 19.0 Å². The van der Waals surface area contributed by atoms with Gasteiger partial charge in [0.2, 0.25) is 0 Å². The number of rotatable bonds is 2. The average molecular weight is 495 g/mol. The molecule has 2 bridgehead atoms. The summed E-state index contributed by atoms with van der Waals surface area (Å²) in [5.41, 5.74) is 2.99. The van der Waals surface area contributed by atoms with Crippen LogP contribution in [0.5, 0.6) is 5.75 Å². The highest BCUT2D eigenvalue weighted by atomic mass is 35.5. The first-order chi connectivity index (χ1) is 14.9. The largest absolute Gasteiger partial charge is 0.508 e. The minimum atomic E-state index is -2.45. The van der Waals surface area contributed by atoms with E-state index >= 15 is 0 Å². The normalized spacial score (nSPS) is 27.7. The summed E-state index contributed by atoms with van der Waals surface area (Å²) in [6.07, 6.45) is -0.480. The van der Waals surface area contributed by atoms with Crippen LogP contribution in [0.15, 0.2) is 48.5 Å². The Balaban J connectivity index is 0.00000130. The molecule has 1 aromatic heterocycles. The summed E-state index contributed by atoms with van der Waals surface area (Å²) < 4.78 is 26.8. The number of phenols is 1. The van der Waals surface area contributed by atoms with E-state index in [4.69, 9.17) is 4.98 Å². The number of hydrogen-bond acceptors (Lipinski definition) is 4. The topological polar surface area (TPSA) is 56.6 Å². The van der Waals surface area contributed by atoms with Gasteiger partial charge in [-0.2, -0.15) is 0 Å². The molecular formula is C25H26Cl2F2N2O2. The van der Waals surface area contributed by atoms with E-state index in [0.29, 0.717) is 32.2 Å². The zero-order chi connectivity index (χ0) is 21.4. The molecule has 1 saturated heterocycles. The Morgan fingerprint density at radius 2 is 1.85 bits per heavy atom. The number of hydrogen-bond donors (Lipinski definition) is 2. The number of para-hydroxylation sites is 1. The van der Waals surface area contributed by atoms with Crippen molar-refractivity contribution in [3.05, 3.63) is 70.9 Å². The molecule has 2 N–H and O–H groups in total. The second kappa shape index (κ2) is 8.35. The maximum atomic E-state index is 13.4. The minimum absolute atomic E-state index is 0. The Labute approximate surface area is 203 Å². The van der Waals surface area contributed by atoms with Gasteiger partial charge in [0.1, 0.15) is 5.75 Å². The molecule has 0 amide bonds. The highest BCUT2D eigenvalue weighted by Crippen LogP contribution is 2.57. The van der Waals surface area contributed by atoms with Crippen LogP contribution >= 0.6 is 24.8 Å². The lowest BCUT2D eigenvalue weighted by Crippen LogP contribution is -2.74. The third-order valence-electron chi connectivity index (χ3n) is 7.86. The summed E-state index contributed by atoms with van der Waals surface area (Å²) >= 11 is 0. The van der Waals surface area contributed by atoms with E-state index in [1.807, 2.05) is 30.3 Å². The van der Waals surface area contributed by atoms with Crippen molar-refractivity contribution >= 4 is 35.7 Å². The van der Waals surface area contributed by atoms with Crippen LogP contribution in [0.3, 0.4) is 0 Å². The molecule has 3 aromatic rings. The number of aromatic hydroxyl groups is 1. The molecule has 176 valence electrons. The number of aromatic nitrogens is 1. The van der Waals surface area contributed by atoms with E-state index in [9.17, 15) is 19.0 Å². The fourth-order valence-corrected chi connectivity index (χ4v) is 6.49. The molecule has 3 aliphatic rings. The lowest BCUT2D eigenvalue weighted by atomic mass is 9.49. The van der Waals surface area contributed by atoms with Gasteiger partial charge in [0, 0.05) is 35.4 Å². The van der Waals surface area contributed by atoms with Crippen LogP contribution in [0.2, 0.25) is 0 Å². The number of nitrogens with zero attached hydrogens (tertiary/aromatic N) is 2. The fourth-order valence-electron chi connectivity index (χ4n) is 6.49. The smallest absolute Gasteiger partial charge is 0.251 e. The number of aliphatic hydroxyl groups is 1. The maximum absolute atomic E-state index is 13.4. The second-order valence-corrected chi connectivity index (χ2v) is 9.34. The first kappa shape index (κ1) is 24.1. The summed E-state index contributed by atoms with van der Waals surface area (Å²) in [5, 5.41) is 23.6. The van der Waals surface area contributed by atoms with E-state index < -0.39 is 23.5 Å². The number of fused-ring (bicyclic) bond motifs is 3. The molecule has 3 atom stereocenters. The molecule has 2 aromatic carbocycles. The van der Waals surface area contributed by atoms with Gasteiger partial charge in [0.15, 0.2) is 0 Å². The predicted molar refractivity (Wildman–Crippen MR) is 128 cm³/mol. The Kier molecular flexibility index (Phi) is 6.11. The van der Waals surface area contributed by atoms with Crippen LogP contribution in [0.1, 0.15) is 28.8 Å². The molecule has 1 fully saturated rings. The second-order valence-electron chi connectivity index (χ2n) is 9.34. The van der Waals surface area contributed by atoms with Crippen LogP contribution in [-0.2, 0) is 24.7 Å². The zero-order valence-corrected chi connectivity index (χ0v) is 19.5. The van der Waals surface area contributed by atoms with Gasteiger partial charge in [-0.25, -0.2) is 8.78 Å². The summed E-state index contributed by atoms with van der Waals surface area (Å²) in [6, 6.07) is 14.9. The van der Waals surface area contributed by atoms with Gasteiger partial charge < -0.3 is 10.2 Å². The van der Waals surface area contributed by atoms with Gasteiger partial charge in [0.05, 0.1) is 17.7 Å².